The monoisotopic (exact) mass is 219 g/mol. The van der Waals surface area contributed by atoms with Crippen LogP contribution in [0, 0.1) is 6.92 Å². The summed E-state index contributed by atoms with van der Waals surface area (Å²) in [4.78, 5) is 8.74. The minimum Gasteiger partial charge on any atom is -0.307 e. The molecule has 1 aromatic heterocycles. The average molecular weight is 219 g/mol. The Hall–Kier alpha value is -1.22. The SMILES string of the molecule is C=C(CC)CC(NCC)c1ncc(C)cn1. The van der Waals surface area contributed by atoms with Crippen LogP contribution < -0.4 is 5.32 Å². The summed E-state index contributed by atoms with van der Waals surface area (Å²) >= 11 is 0. The first-order valence-electron chi connectivity index (χ1n) is 5.85. The third-order valence-corrected chi connectivity index (χ3v) is 2.56. The fourth-order valence-corrected chi connectivity index (χ4v) is 1.52. The molecule has 3 heteroatoms. The largest absolute Gasteiger partial charge is 0.307 e. The van der Waals surface area contributed by atoms with Gasteiger partial charge in [0.25, 0.3) is 0 Å². The fraction of sp³-hybridized carbons (Fsp3) is 0.538. The molecule has 0 amide bonds. The summed E-state index contributed by atoms with van der Waals surface area (Å²) < 4.78 is 0. The minimum atomic E-state index is 0.193. The maximum atomic E-state index is 4.37. The van der Waals surface area contributed by atoms with Crippen molar-refractivity contribution in [1.29, 1.82) is 0 Å². The van der Waals surface area contributed by atoms with Gasteiger partial charge in [0.1, 0.15) is 5.82 Å². The number of aromatic nitrogens is 2. The highest BCUT2D eigenvalue weighted by molar-refractivity contribution is 5.08. The molecule has 0 aliphatic carbocycles. The van der Waals surface area contributed by atoms with Crippen molar-refractivity contribution in [3.63, 3.8) is 0 Å². The molecule has 1 rings (SSSR count). The smallest absolute Gasteiger partial charge is 0.145 e. The first kappa shape index (κ1) is 12.8. The average Bonchev–Trinajstić information content (AvgIpc) is 2.29. The molecule has 0 radical (unpaired) electrons. The molecule has 1 aromatic rings. The van der Waals surface area contributed by atoms with Crippen molar-refractivity contribution in [3.8, 4) is 0 Å². The molecule has 0 aromatic carbocycles. The number of hydrogen-bond donors (Lipinski definition) is 1. The van der Waals surface area contributed by atoms with Gasteiger partial charge in [-0.3, -0.25) is 0 Å². The lowest BCUT2D eigenvalue weighted by atomic mass is 10.0. The van der Waals surface area contributed by atoms with E-state index in [0.717, 1.165) is 30.8 Å². The molecule has 1 N–H and O–H groups in total. The third-order valence-electron chi connectivity index (χ3n) is 2.56. The van der Waals surface area contributed by atoms with E-state index >= 15 is 0 Å². The van der Waals surface area contributed by atoms with Crippen LogP contribution in [0.1, 0.15) is 44.1 Å². The van der Waals surface area contributed by atoms with E-state index in [-0.39, 0.29) is 6.04 Å². The zero-order chi connectivity index (χ0) is 12.0. The van der Waals surface area contributed by atoms with Gasteiger partial charge in [-0.1, -0.05) is 26.0 Å². The lowest BCUT2D eigenvalue weighted by molar-refractivity contribution is 0.515. The van der Waals surface area contributed by atoms with Crippen molar-refractivity contribution < 1.29 is 0 Å². The van der Waals surface area contributed by atoms with Crippen LogP contribution in [0.5, 0.6) is 0 Å². The highest BCUT2D eigenvalue weighted by Gasteiger charge is 2.13. The molecule has 0 fully saturated rings. The number of rotatable bonds is 6. The van der Waals surface area contributed by atoms with Crippen molar-refractivity contribution in [2.75, 3.05) is 6.54 Å². The number of nitrogens with zero attached hydrogens (tertiary/aromatic N) is 2. The zero-order valence-corrected chi connectivity index (χ0v) is 10.5. The van der Waals surface area contributed by atoms with Crippen molar-refractivity contribution >= 4 is 0 Å². The molecule has 0 saturated carbocycles. The molecular weight excluding hydrogens is 198 g/mol. The van der Waals surface area contributed by atoms with Gasteiger partial charge < -0.3 is 5.32 Å². The molecule has 3 nitrogen and oxygen atoms in total. The molecule has 16 heavy (non-hydrogen) atoms. The second-order valence-electron chi connectivity index (χ2n) is 4.04. The van der Waals surface area contributed by atoms with Crippen LogP contribution in [0.25, 0.3) is 0 Å². The lowest BCUT2D eigenvalue weighted by Gasteiger charge is -2.17. The van der Waals surface area contributed by atoms with Crippen molar-refractivity contribution in [1.82, 2.24) is 15.3 Å². The van der Waals surface area contributed by atoms with E-state index in [2.05, 4.69) is 35.7 Å². The van der Waals surface area contributed by atoms with Gasteiger partial charge in [0.15, 0.2) is 0 Å². The maximum Gasteiger partial charge on any atom is 0.145 e. The summed E-state index contributed by atoms with van der Waals surface area (Å²) in [5.41, 5.74) is 2.32. The van der Waals surface area contributed by atoms with Gasteiger partial charge >= 0.3 is 0 Å². The highest BCUT2D eigenvalue weighted by Crippen LogP contribution is 2.18. The summed E-state index contributed by atoms with van der Waals surface area (Å²) in [5.74, 6) is 0.863. The van der Waals surface area contributed by atoms with Gasteiger partial charge in [0.2, 0.25) is 0 Å². The van der Waals surface area contributed by atoms with E-state index in [1.165, 1.54) is 5.57 Å². The van der Waals surface area contributed by atoms with Crippen LogP contribution in [0.15, 0.2) is 24.5 Å². The molecule has 0 bridgehead atoms. The topological polar surface area (TPSA) is 37.8 Å². The Bertz CT molecular complexity index is 330. The van der Waals surface area contributed by atoms with E-state index in [4.69, 9.17) is 0 Å². The summed E-state index contributed by atoms with van der Waals surface area (Å²) in [6, 6.07) is 0.193. The van der Waals surface area contributed by atoms with Gasteiger partial charge in [-0.15, -0.1) is 0 Å². The van der Waals surface area contributed by atoms with Crippen LogP contribution in [-0.2, 0) is 0 Å². The molecule has 1 heterocycles. The molecule has 88 valence electrons. The number of hydrogen-bond acceptors (Lipinski definition) is 3. The summed E-state index contributed by atoms with van der Waals surface area (Å²) in [6.07, 6.45) is 5.64. The molecule has 0 spiro atoms. The predicted molar refractivity (Wildman–Crippen MR) is 67.2 cm³/mol. The lowest BCUT2D eigenvalue weighted by Crippen LogP contribution is -2.23. The summed E-state index contributed by atoms with van der Waals surface area (Å²) in [5, 5.41) is 3.40. The highest BCUT2D eigenvalue weighted by atomic mass is 15.0. The Labute approximate surface area is 98.0 Å². The molecule has 0 aliphatic rings. The second kappa shape index (κ2) is 6.38. The van der Waals surface area contributed by atoms with Crippen LogP contribution in [0.3, 0.4) is 0 Å². The maximum absolute atomic E-state index is 4.37. The predicted octanol–water partition coefficient (Wildman–Crippen LogP) is 2.79. The Morgan fingerprint density at radius 1 is 1.38 bits per heavy atom. The molecule has 1 atom stereocenters. The van der Waals surface area contributed by atoms with Crippen LogP contribution >= 0.6 is 0 Å². The van der Waals surface area contributed by atoms with E-state index in [0.29, 0.717) is 0 Å². The number of aryl methyl sites for hydroxylation is 1. The van der Waals surface area contributed by atoms with Gasteiger partial charge in [-0.2, -0.15) is 0 Å². The van der Waals surface area contributed by atoms with Gasteiger partial charge in [-0.05, 0) is 31.9 Å². The Morgan fingerprint density at radius 3 is 2.50 bits per heavy atom. The first-order chi connectivity index (χ1) is 7.67. The first-order valence-corrected chi connectivity index (χ1v) is 5.85. The molecule has 0 saturated heterocycles. The van der Waals surface area contributed by atoms with E-state index < -0.39 is 0 Å². The van der Waals surface area contributed by atoms with E-state index in [1.807, 2.05) is 19.3 Å². The van der Waals surface area contributed by atoms with Crippen LogP contribution in [0.2, 0.25) is 0 Å². The van der Waals surface area contributed by atoms with Crippen LogP contribution in [-0.4, -0.2) is 16.5 Å². The van der Waals surface area contributed by atoms with Gasteiger partial charge in [-0.25, -0.2) is 9.97 Å². The van der Waals surface area contributed by atoms with Crippen molar-refractivity contribution in [2.24, 2.45) is 0 Å². The summed E-state index contributed by atoms with van der Waals surface area (Å²) in [6.45, 7) is 11.2. The van der Waals surface area contributed by atoms with Gasteiger partial charge in [0, 0.05) is 12.4 Å². The third kappa shape index (κ3) is 3.74. The summed E-state index contributed by atoms with van der Waals surface area (Å²) in [7, 11) is 0. The van der Waals surface area contributed by atoms with E-state index in [9.17, 15) is 0 Å². The second-order valence-corrected chi connectivity index (χ2v) is 4.04. The van der Waals surface area contributed by atoms with Gasteiger partial charge in [0.05, 0.1) is 6.04 Å². The van der Waals surface area contributed by atoms with Crippen molar-refractivity contribution in [3.05, 3.63) is 35.9 Å². The van der Waals surface area contributed by atoms with Crippen molar-refractivity contribution in [2.45, 2.75) is 39.7 Å². The Kier molecular flexibility index (Phi) is 5.12. The molecule has 1 unspecified atom stereocenters. The normalized spacial score (nSPS) is 12.4. The fourth-order valence-electron chi connectivity index (χ4n) is 1.52. The molecule has 0 aliphatic heterocycles. The Morgan fingerprint density at radius 2 is 2.00 bits per heavy atom. The Balaban J connectivity index is 2.76. The number of nitrogens with one attached hydrogen (secondary N) is 1. The van der Waals surface area contributed by atoms with Crippen LogP contribution in [0.4, 0.5) is 0 Å². The van der Waals surface area contributed by atoms with E-state index in [1.54, 1.807) is 0 Å². The quantitative estimate of drug-likeness (QED) is 0.748. The minimum absolute atomic E-state index is 0.193. The zero-order valence-electron chi connectivity index (χ0n) is 10.5. The molecular formula is C13H21N3. The standard InChI is InChI=1S/C13H21N3/c1-5-10(3)7-12(14-6-2)13-15-8-11(4)9-16-13/h8-9,12,14H,3,5-7H2,1-2,4H3.